The summed E-state index contributed by atoms with van der Waals surface area (Å²) < 4.78 is 5.40. The summed E-state index contributed by atoms with van der Waals surface area (Å²) in [5.41, 5.74) is 1.52. The van der Waals surface area contributed by atoms with Crippen molar-refractivity contribution in [3.8, 4) is 5.75 Å². The second-order valence-corrected chi connectivity index (χ2v) is 6.01. The molecule has 2 rings (SSSR count). The lowest BCUT2D eigenvalue weighted by molar-refractivity contribution is 0.210. The van der Waals surface area contributed by atoms with E-state index in [2.05, 4.69) is 11.9 Å². The van der Waals surface area contributed by atoms with E-state index in [1.54, 1.807) is 13.2 Å². The van der Waals surface area contributed by atoms with Crippen LogP contribution >= 0.6 is 0 Å². The van der Waals surface area contributed by atoms with Crippen LogP contribution in [0.25, 0.3) is 0 Å². The standard InChI is InChI=1S/C16H26BNO3/c1-18(15-7-5-3-4-6-8-15)12-13-11-14(17(19)20)9-10-16(13)21-2/h9-11,15,19-20H,3-8,12H2,1-2H3. The highest BCUT2D eigenvalue weighted by atomic mass is 16.5. The Morgan fingerprint density at radius 1 is 1.19 bits per heavy atom. The van der Waals surface area contributed by atoms with Crippen LogP contribution in [0, 0.1) is 0 Å². The van der Waals surface area contributed by atoms with Crippen LogP contribution in [0.5, 0.6) is 5.75 Å². The predicted molar refractivity (Wildman–Crippen MR) is 85.8 cm³/mol. The number of nitrogens with zero attached hydrogens (tertiary/aromatic N) is 1. The molecule has 21 heavy (non-hydrogen) atoms. The van der Waals surface area contributed by atoms with Gasteiger partial charge in [-0.1, -0.05) is 37.8 Å². The zero-order valence-corrected chi connectivity index (χ0v) is 13.1. The average molecular weight is 291 g/mol. The van der Waals surface area contributed by atoms with E-state index in [1.807, 2.05) is 12.1 Å². The number of hydrogen-bond donors (Lipinski definition) is 2. The molecule has 1 aromatic carbocycles. The first-order valence-corrected chi connectivity index (χ1v) is 7.85. The zero-order valence-electron chi connectivity index (χ0n) is 13.1. The summed E-state index contributed by atoms with van der Waals surface area (Å²) >= 11 is 0. The molecule has 1 aliphatic carbocycles. The molecule has 0 aliphatic heterocycles. The highest BCUT2D eigenvalue weighted by molar-refractivity contribution is 6.58. The van der Waals surface area contributed by atoms with E-state index >= 15 is 0 Å². The van der Waals surface area contributed by atoms with Crippen molar-refractivity contribution in [2.24, 2.45) is 0 Å². The van der Waals surface area contributed by atoms with E-state index in [4.69, 9.17) is 4.74 Å². The van der Waals surface area contributed by atoms with Crippen molar-refractivity contribution in [3.63, 3.8) is 0 Å². The fourth-order valence-electron chi connectivity index (χ4n) is 3.18. The molecular formula is C16H26BNO3. The second kappa shape index (κ2) is 7.83. The lowest BCUT2D eigenvalue weighted by Gasteiger charge is -2.27. The first-order valence-electron chi connectivity index (χ1n) is 7.85. The predicted octanol–water partition coefficient (Wildman–Crippen LogP) is 1.53. The van der Waals surface area contributed by atoms with Crippen molar-refractivity contribution in [3.05, 3.63) is 23.8 Å². The van der Waals surface area contributed by atoms with Gasteiger partial charge in [-0.05, 0) is 31.4 Å². The highest BCUT2D eigenvalue weighted by Crippen LogP contribution is 2.24. The lowest BCUT2D eigenvalue weighted by atomic mass is 9.79. The van der Waals surface area contributed by atoms with Gasteiger partial charge in [0.2, 0.25) is 0 Å². The zero-order chi connectivity index (χ0) is 15.2. The van der Waals surface area contributed by atoms with Gasteiger partial charge in [-0.3, -0.25) is 4.90 Å². The molecule has 1 saturated carbocycles. The van der Waals surface area contributed by atoms with Gasteiger partial charge in [0.1, 0.15) is 5.75 Å². The van der Waals surface area contributed by atoms with Gasteiger partial charge in [-0.2, -0.15) is 0 Å². The van der Waals surface area contributed by atoms with Crippen LogP contribution in [0.3, 0.4) is 0 Å². The molecule has 0 heterocycles. The van der Waals surface area contributed by atoms with Gasteiger partial charge in [0.05, 0.1) is 7.11 Å². The van der Waals surface area contributed by atoms with Gasteiger partial charge >= 0.3 is 7.12 Å². The van der Waals surface area contributed by atoms with Gasteiger partial charge in [0, 0.05) is 18.2 Å². The van der Waals surface area contributed by atoms with Crippen LogP contribution < -0.4 is 10.2 Å². The van der Waals surface area contributed by atoms with Gasteiger partial charge in [-0.25, -0.2) is 0 Å². The monoisotopic (exact) mass is 291 g/mol. The minimum atomic E-state index is -1.43. The molecule has 0 amide bonds. The molecule has 4 nitrogen and oxygen atoms in total. The van der Waals surface area contributed by atoms with Crippen molar-refractivity contribution < 1.29 is 14.8 Å². The van der Waals surface area contributed by atoms with Gasteiger partial charge in [-0.15, -0.1) is 0 Å². The SMILES string of the molecule is COc1ccc(B(O)O)cc1CN(C)C1CCCCCC1. The molecule has 1 fully saturated rings. The summed E-state index contributed by atoms with van der Waals surface area (Å²) in [4.78, 5) is 2.37. The average Bonchev–Trinajstić information content (AvgIpc) is 2.76. The summed E-state index contributed by atoms with van der Waals surface area (Å²) in [7, 11) is 2.37. The number of ether oxygens (including phenoxy) is 1. The van der Waals surface area contributed by atoms with Crippen molar-refractivity contribution in [1.29, 1.82) is 0 Å². The van der Waals surface area contributed by atoms with Crippen LogP contribution in [-0.4, -0.2) is 42.3 Å². The number of rotatable bonds is 5. The summed E-state index contributed by atoms with van der Waals surface area (Å²) in [6.45, 7) is 0.772. The number of hydrogen-bond acceptors (Lipinski definition) is 4. The Hall–Kier alpha value is -1.04. The van der Waals surface area contributed by atoms with E-state index in [0.29, 0.717) is 11.5 Å². The summed E-state index contributed by atoms with van der Waals surface area (Å²) in [6.07, 6.45) is 7.81. The van der Waals surface area contributed by atoms with Crippen molar-refractivity contribution in [2.75, 3.05) is 14.2 Å². The smallest absolute Gasteiger partial charge is 0.488 e. The van der Waals surface area contributed by atoms with Crippen LogP contribution in [0.1, 0.15) is 44.1 Å². The summed E-state index contributed by atoms with van der Waals surface area (Å²) in [6, 6.07) is 5.94. The van der Waals surface area contributed by atoms with Crippen molar-refractivity contribution in [2.45, 2.75) is 51.1 Å². The Labute approximate surface area is 127 Å². The number of methoxy groups -OCH3 is 1. The topological polar surface area (TPSA) is 52.9 Å². The maximum absolute atomic E-state index is 9.33. The molecule has 0 bridgehead atoms. The molecule has 0 atom stereocenters. The van der Waals surface area contributed by atoms with E-state index in [0.717, 1.165) is 17.9 Å². The Bertz CT molecular complexity index is 445. The lowest BCUT2D eigenvalue weighted by Crippen LogP contribution is -2.33. The molecule has 116 valence electrons. The Morgan fingerprint density at radius 2 is 1.86 bits per heavy atom. The minimum absolute atomic E-state index is 0.514. The molecule has 1 aromatic rings. The largest absolute Gasteiger partial charge is 0.496 e. The van der Waals surface area contributed by atoms with Crippen LogP contribution in [0.4, 0.5) is 0 Å². The Morgan fingerprint density at radius 3 is 2.43 bits per heavy atom. The molecular weight excluding hydrogens is 265 g/mol. The van der Waals surface area contributed by atoms with Crippen molar-refractivity contribution in [1.82, 2.24) is 4.90 Å². The maximum Gasteiger partial charge on any atom is 0.488 e. The summed E-state index contributed by atoms with van der Waals surface area (Å²) in [5.74, 6) is 0.805. The molecule has 1 aliphatic rings. The van der Waals surface area contributed by atoms with E-state index in [-0.39, 0.29) is 0 Å². The molecule has 2 N–H and O–H groups in total. The Kier molecular flexibility index (Phi) is 6.09. The summed E-state index contributed by atoms with van der Waals surface area (Å²) in [5, 5.41) is 18.7. The van der Waals surface area contributed by atoms with E-state index < -0.39 is 7.12 Å². The van der Waals surface area contributed by atoms with Crippen molar-refractivity contribution >= 4 is 12.6 Å². The van der Waals surface area contributed by atoms with Crippen LogP contribution in [-0.2, 0) is 6.54 Å². The molecule has 5 heteroatoms. The third kappa shape index (κ3) is 4.46. The van der Waals surface area contributed by atoms with E-state index in [1.165, 1.54) is 38.5 Å². The molecule has 0 radical (unpaired) electrons. The minimum Gasteiger partial charge on any atom is -0.496 e. The molecule has 0 spiro atoms. The highest BCUT2D eigenvalue weighted by Gasteiger charge is 2.19. The van der Waals surface area contributed by atoms with Crippen LogP contribution in [0.15, 0.2) is 18.2 Å². The quantitative estimate of drug-likeness (QED) is 0.638. The van der Waals surface area contributed by atoms with Crippen LogP contribution in [0.2, 0.25) is 0 Å². The first-order chi connectivity index (χ1) is 10.1. The van der Waals surface area contributed by atoms with E-state index in [9.17, 15) is 10.0 Å². The Balaban J connectivity index is 2.10. The third-order valence-corrected chi connectivity index (χ3v) is 4.47. The maximum atomic E-state index is 9.33. The number of benzene rings is 1. The fourth-order valence-corrected chi connectivity index (χ4v) is 3.18. The van der Waals surface area contributed by atoms with Gasteiger partial charge < -0.3 is 14.8 Å². The fraction of sp³-hybridized carbons (Fsp3) is 0.625. The van der Waals surface area contributed by atoms with Gasteiger partial charge in [0.15, 0.2) is 0 Å². The molecule has 0 saturated heterocycles. The molecule has 0 aromatic heterocycles. The second-order valence-electron chi connectivity index (χ2n) is 6.01. The molecule has 0 unspecified atom stereocenters. The normalized spacial score (nSPS) is 16.8. The third-order valence-electron chi connectivity index (χ3n) is 4.47. The van der Waals surface area contributed by atoms with Gasteiger partial charge in [0.25, 0.3) is 0 Å². The first kappa shape index (κ1) is 16.3.